The highest BCUT2D eigenvalue weighted by atomic mass is 16.5. The number of Topliss-reactive ketones (excluding diaryl/α,β-unsaturated/α-hetero) is 1. The van der Waals surface area contributed by atoms with Crippen LogP contribution in [0.2, 0.25) is 0 Å². The van der Waals surface area contributed by atoms with Crippen LogP contribution in [0.15, 0.2) is 24.3 Å². The lowest BCUT2D eigenvalue weighted by atomic mass is 10.1. The number of ether oxygens (including phenoxy) is 1. The summed E-state index contributed by atoms with van der Waals surface area (Å²) in [6.45, 7) is 7.78. The Morgan fingerprint density at radius 2 is 1.80 bits per heavy atom. The fraction of sp³-hybridized carbons (Fsp3) is 0.562. The number of piperazine rings is 1. The molecule has 1 aliphatic heterocycles. The zero-order valence-electron chi connectivity index (χ0n) is 12.5. The molecule has 0 saturated carbocycles. The molecule has 0 bridgehead atoms. The monoisotopic (exact) mass is 276 g/mol. The number of likely N-dealkylation sites (N-methyl/N-ethyl adjacent to an activating group) is 1. The maximum atomic E-state index is 12.1. The minimum Gasteiger partial charge on any atom is -0.494 e. The minimum absolute atomic E-state index is 0.215. The first kappa shape index (κ1) is 15.0. The Morgan fingerprint density at radius 3 is 2.40 bits per heavy atom. The molecule has 4 heteroatoms. The molecule has 0 aliphatic carbocycles. The fourth-order valence-electron chi connectivity index (χ4n) is 2.38. The van der Waals surface area contributed by atoms with E-state index in [4.69, 9.17) is 4.74 Å². The average molecular weight is 276 g/mol. The van der Waals surface area contributed by atoms with E-state index in [1.54, 1.807) is 0 Å². The Labute approximate surface area is 121 Å². The Kier molecular flexibility index (Phi) is 5.56. The molecule has 0 amide bonds. The summed E-state index contributed by atoms with van der Waals surface area (Å²) < 4.78 is 5.38. The first-order valence-electron chi connectivity index (χ1n) is 7.36. The minimum atomic E-state index is 0.215. The van der Waals surface area contributed by atoms with Crippen LogP contribution in [-0.2, 0) is 0 Å². The first-order chi connectivity index (χ1) is 9.69. The van der Waals surface area contributed by atoms with Gasteiger partial charge in [-0.05, 0) is 38.2 Å². The smallest absolute Gasteiger partial charge is 0.164 e. The molecule has 0 radical (unpaired) electrons. The zero-order chi connectivity index (χ0) is 14.4. The number of benzene rings is 1. The SMILES string of the molecule is CCOc1ccc(C(=O)CCN2CCN(C)CC2)cc1. The Morgan fingerprint density at radius 1 is 1.15 bits per heavy atom. The van der Waals surface area contributed by atoms with Gasteiger partial charge in [0.15, 0.2) is 5.78 Å². The zero-order valence-corrected chi connectivity index (χ0v) is 12.5. The highest BCUT2D eigenvalue weighted by Gasteiger charge is 2.15. The van der Waals surface area contributed by atoms with Crippen LogP contribution in [-0.4, -0.2) is 62.0 Å². The van der Waals surface area contributed by atoms with Gasteiger partial charge in [0, 0.05) is 44.7 Å². The second kappa shape index (κ2) is 7.41. The quantitative estimate of drug-likeness (QED) is 0.743. The van der Waals surface area contributed by atoms with Crippen molar-refractivity contribution < 1.29 is 9.53 Å². The third-order valence-electron chi connectivity index (χ3n) is 3.74. The second-order valence-electron chi connectivity index (χ2n) is 5.28. The van der Waals surface area contributed by atoms with Crippen LogP contribution in [0, 0.1) is 0 Å². The summed E-state index contributed by atoms with van der Waals surface area (Å²) in [5.74, 6) is 1.04. The molecule has 1 aromatic carbocycles. The third-order valence-corrected chi connectivity index (χ3v) is 3.74. The molecule has 1 saturated heterocycles. The predicted molar refractivity (Wildman–Crippen MR) is 80.5 cm³/mol. The maximum absolute atomic E-state index is 12.1. The van der Waals surface area contributed by atoms with Crippen molar-refractivity contribution >= 4 is 5.78 Å². The van der Waals surface area contributed by atoms with Crippen molar-refractivity contribution in [3.63, 3.8) is 0 Å². The fourth-order valence-corrected chi connectivity index (χ4v) is 2.38. The van der Waals surface area contributed by atoms with Crippen molar-refractivity contribution in [1.29, 1.82) is 0 Å². The highest BCUT2D eigenvalue weighted by Crippen LogP contribution is 2.13. The standard InChI is InChI=1S/C16H24N2O2/c1-3-20-15-6-4-14(5-7-15)16(19)8-9-18-12-10-17(2)11-13-18/h4-7H,3,8-13H2,1-2H3. The summed E-state index contributed by atoms with van der Waals surface area (Å²) in [5, 5.41) is 0. The number of carbonyl (C=O) groups excluding carboxylic acids is 1. The molecular formula is C16H24N2O2. The predicted octanol–water partition coefficient (Wildman–Crippen LogP) is 1.91. The van der Waals surface area contributed by atoms with Gasteiger partial charge in [-0.3, -0.25) is 4.79 Å². The second-order valence-corrected chi connectivity index (χ2v) is 5.28. The van der Waals surface area contributed by atoms with Gasteiger partial charge in [-0.15, -0.1) is 0 Å². The van der Waals surface area contributed by atoms with Gasteiger partial charge in [0.1, 0.15) is 5.75 Å². The molecule has 0 N–H and O–H groups in total. The van der Waals surface area contributed by atoms with E-state index in [1.165, 1.54) is 0 Å². The van der Waals surface area contributed by atoms with Crippen LogP contribution < -0.4 is 4.74 Å². The normalized spacial score (nSPS) is 17.1. The number of hydrogen-bond acceptors (Lipinski definition) is 4. The highest BCUT2D eigenvalue weighted by molar-refractivity contribution is 5.96. The van der Waals surface area contributed by atoms with Gasteiger partial charge in [0.05, 0.1) is 6.61 Å². The van der Waals surface area contributed by atoms with Gasteiger partial charge >= 0.3 is 0 Å². The summed E-state index contributed by atoms with van der Waals surface area (Å²) in [4.78, 5) is 16.8. The summed E-state index contributed by atoms with van der Waals surface area (Å²) in [5.41, 5.74) is 0.780. The Hall–Kier alpha value is -1.39. The number of hydrogen-bond donors (Lipinski definition) is 0. The van der Waals surface area contributed by atoms with Gasteiger partial charge in [-0.1, -0.05) is 0 Å². The van der Waals surface area contributed by atoms with E-state index in [0.29, 0.717) is 13.0 Å². The molecule has 0 aromatic heterocycles. The van der Waals surface area contributed by atoms with E-state index in [-0.39, 0.29) is 5.78 Å². The molecule has 0 unspecified atom stereocenters. The lowest BCUT2D eigenvalue weighted by Crippen LogP contribution is -2.45. The maximum Gasteiger partial charge on any atom is 0.164 e. The van der Waals surface area contributed by atoms with E-state index in [1.807, 2.05) is 31.2 Å². The van der Waals surface area contributed by atoms with Crippen LogP contribution in [0.3, 0.4) is 0 Å². The van der Waals surface area contributed by atoms with E-state index >= 15 is 0 Å². The Balaban J connectivity index is 1.79. The lowest BCUT2D eigenvalue weighted by Gasteiger charge is -2.32. The van der Waals surface area contributed by atoms with E-state index < -0.39 is 0 Å². The van der Waals surface area contributed by atoms with Crippen molar-refractivity contribution in [3.05, 3.63) is 29.8 Å². The lowest BCUT2D eigenvalue weighted by molar-refractivity contribution is 0.0942. The molecule has 1 aliphatic rings. The first-order valence-corrected chi connectivity index (χ1v) is 7.36. The summed E-state index contributed by atoms with van der Waals surface area (Å²) in [6.07, 6.45) is 0.595. The molecule has 0 atom stereocenters. The largest absolute Gasteiger partial charge is 0.494 e. The van der Waals surface area contributed by atoms with E-state index in [0.717, 1.165) is 44.0 Å². The van der Waals surface area contributed by atoms with Crippen LogP contribution in [0.1, 0.15) is 23.7 Å². The number of rotatable bonds is 6. The molecule has 2 rings (SSSR count). The van der Waals surface area contributed by atoms with Crippen molar-refractivity contribution in [3.8, 4) is 5.75 Å². The number of carbonyl (C=O) groups is 1. The van der Waals surface area contributed by atoms with Gasteiger partial charge < -0.3 is 14.5 Å². The van der Waals surface area contributed by atoms with Crippen molar-refractivity contribution in [2.45, 2.75) is 13.3 Å². The number of ketones is 1. The van der Waals surface area contributed by atoms with E-state index in [2.05, 4.69) is 16.8 Å². The average Bonchev–Trinajstić information content (AvgIpc) is 2.47. The van der Waals surface area contributed by atoms with Gasteiger partial charge in [0.2, 0.25) is 0 Å². The van der Waals surface area contributed by atoms with Gasteiger partial charge in [0.25, 0.3) is 0 Å². The molecule has 110 valence electrons. The topological polar surface area (TPSA) is 32.8 Å². The molecule has 20 heavy (non-hydrogen) atoms. The van der Waals surface area contributed by atoms with Crippen LogP contribution in [0.4, 0.5) is 0 Å². The van der Waals surface area contributed by atoms with Crippen LogP contribution >= 0.6 is 0 Å². The third kappa shape index (κ3) is 4.32. The number of nitrogens with zero attached hydrogens (tertiary/aromatic N) is 2. The van der Waals surface area contributed by atoms with Gasteiger partial charge in [-0.2, -0.15) is 0 Å². The molecule has 1 fully saturated rings. The molecule has 0 spiro atoms. The van der Waals surface area contributed by atoms with Crippen molar-refractivity contribution in [1.82, 2.24) is 9.80 Å². The van der Waals surface area contributed by atoms with Crippen molar-refractivity contribution in [2.24, 2.45) is 0 Å². The molecular weight excluding hydrogens is 252 g/mol. The summed E-state index contributed by atoms with van der Waals surface area (Å²) in [7, 11) is 2.14. The van der Waals surface area contributed by atoms with Crippen LogP contribution in [0.5, 0.6) is 5.75 Å². The Bertz CT molecular complexity index is 423. The molecule has 4 nitrogen and oxygen atoms in total. The molecule has 1 aromatic rings. The summed E-state index contributed by atoms with van der Waals surface area (Å²) in [6, 6.07) is 7.45. The summed E-state index contributed by atoms with van der Waals surface area (Å²) >= 11 is 0. The van der Waals surface area contributed by atoms with Gasteiger partial charge in [-0.25, -0.2) is 0 Å². The molecule has 1 heterocycles. The van der Waals surface area contributed by atoms with Crippen molar-refractivity contribution in [2.75, 3.05) is 46.4 Å². The van der Waals surface area contributed by atoms with E-state index in [9.17, 15) is 4.79 Å². The van der Waals surface area contributed by atoms with Crippen LogP contribution in [0.25, 0.3) is 0 Å².